The molecule has 0 saturated heterocycles. The Kier molecular flexibility index (Phi) is 4.11. The van der Waals surface area contributed by atoms with Crippen LogP contribution in [0.5, 0.6) is 0 Å². The Morgan fingerprint density at radius 3 is 1.58 bits per heavy atom. The molecule has 72 valence electrons. The summed E-state index contributed by atoms with van der Waals surface area (Å²) >= 11 is 0. The van der Waals surface area contributed by atoms with Gasteiger partial charge in [-0.2, -0.15) is 0 Å². The van der Waals surface area contributed by atoms with Gasteiger partial charge < -0.3 is 0 Å². The van der Waals surface area contributed by atoms with Gasteiger partial charge in [-0.15, -0.1) is 0 Å². The molecule has 1 saturated carbocycles. The minimum Gasteiger partial charge on any atom is -0.0649 e. The molecule has 0 amide bonds. The lowest BCUT2D eigenvalue weighted by molar-refractivity contribution is 0.192. The summed E-state index contributed by atoms with van der Waals surface area (Å²) < 4.78 is 0. The normalized spacial score (nSPS) is 24.5. The molecule has 0 bridgehead atoms. The van der Waals surface area contributed by atoms with Gasteiger partial charge in [0.2, 0.25) is 0 Å². The molecular weight excluding hydrogens is 144 g/mol. The molecule has 1 fully saturated rings. The second-order valence-electron chi connectivity index (χ2n) is 4.47. The SMILES string of the molecule is CCC1(CC)CCCCCCC1. The third-order valence-corrected chi connectivity index (χ3v) is 3.91. The maximum atomic E-state index is 2.38. The lowest BCUT2D eigenvalue weighted by Gasteiger charge is -2.33. The first kappa shape index (κ1) is 10.1. The zero-order chi connectivity index (χ0) is 8.86. The Morgan fingerprint density at radius 1 is 0.750 bits per heavy atom. The van der Waals surface area contributed by atoms with Crippen molar-refractivity contribution in [1.29, 1.82) is 0 Å². The van der Waals surface area contributed by atoms with Gasteiger partial charge in [0, 0.05) is 0 Å². The molecule has 0 heteroatoms. The monoisotopic (exact) mass is 168 g/mol. The largest absolute Gasteiger partial charge is 0.0649 e. The molecular formula is C12H24. The van der Waals surface area contributed by atoms with Gasteiger partial charge >= 0.3 is 0 Å². The van der Waals surface area contributed by atoms with E-state index >= 15 is 0 Å². The second kappa shape index (κ2) is 4.89. The predicted octanol–water partition coefficient (Wildman–Crippen LogP) is 4.54. The lowest BCUT2D eigenvalue weighted by Crippen LogP contribution is -2.19. The Balaban J connectivity index is 2.45. The molecule has 0 radical (unpaired) electrons. The van der Waals surface area contributed by atoms with Crippen LogP contribution in [0.1, 0.15) is 71.6 Å². The van der Waals surface area contributed by atoms with E-state index in [4.69, 9.17) is 0 Å². The minimum atomic E-state index is 0.737. The maximum absolute atomic E-state index is 2.38. The molecule has 0 aromatic carbocycles. The van der Waals surface area contributed by atoms with Crippen molar-refractivity contribution in [2.45, 2.75) is 71.6 Å². The van der Waals surface area contributed by atoms with E-state index in [0.29, 0.717) is 0 Å². The topological polar surface area (TPSA) is 0 Å². The first-order chi connectivity index (χ1) is 5.83. The predicted molar refractivity (Wildman–Crippen MR) is 55.3 cm³/mol. The van der Waals surface area contributed by atoms with Gasteiger partial charge in [0.25, 0.3) is 0 Å². The Bertz CT molecular complexity index is 101. The van der Waals surface area contributed by atoms with Crippen molar-refractivity contribution in [3.63, 3.8) is 0 Å². The van der Waals surface area contributed by atoms with Crippen LogP contribution >= 0.6 is 0 Å². The molecule has 0 atom stereocenters. The molecule has 0 spiro atoms. The van der Waals surface area contributed by atoms with E-state index in [0.717, 1.165) is 5.41 Å². The molecule has 0 unspecified atom stereocenters. The van der Waals surface area contributed by atoms with E-state index in [9.17, 15) is 0 Å². The third-order valence-electron chi connectivity index (χ3n) is 3.91. The molecule has 1 aliphatic carbocycles. The lowest BCUT2D eigenvalue weighted by atomic mass is 9.72. The molecule has 0 aromatic heterocycles. The van der Waals surface area contributed by atoms with Crippen molar-refractivity contribution >= 4 is 0 Å². The van der Waals surface area contributed by atoms with Crippen molar-refractivity contribution in [3.8, 4) is 0 Å². The molecule has 0 aliphatic heterocycles. The summed E-state index contributed by atoms with van der Waals surface area (Å²) in [6.07, 6.45) is 13.3. The van der Waals surface area contributed by atoms with Gasteiger partial charge in [-0.3, -0.25) is 0 Å². The van der Waals surface area contributed by atoms with E-state index in [1.807, 2.05) is 0 Å². The minimum absolute atomic E-state index is 0.737. The van der Waals surface area contributed by atoms with Crippen molar-refractivity contribution in [2.75, 3.05) is 0 Å². The Morgan fingerprint density at radius 2 is 1.17 bits per heavy atom. The molecule has 1 aliphatic rings. The summed E-state index contributed by atoms with van der Waals surface area (Å²) in [5.74, 6) is 0. The average molecular weight is 168 g/mol. The van der Waals surface area contributed by atoms with Gasteiger partial charge in [0.1, 0.15) is 0 Å². The Labute approximate surface area is 77.7 Å². The van der Waals surface area contributed by atoms with Gasteiger partial charge in [-0.25, -0.2) is 0 Å². The summed E-state index contributed by atoms with van der Waals surface area (Å²) in [7, 11) is 0. The summed E-state index contributed by atoms with van der Waals surface area (Å²) in [5, 5.41) is 0. The van der Waals surface area contributed by atoms with Crippen LogP contribution in [0.4, 0.5) is 0 Å². The first-order valence-corrected chi connectivity index (χ1v) is 5.83. The van der Waals surface area contributed by atoms with Crippen molar-refractivity contribution in [1.82, 2.24) is 0 Å². The van der Waals surface area contributed by atoms with E-state index in [1.54, 1.807) is 0 Å². The van der Waals surface area contributed by atoms with Crippen LogP contribution < -0.4 is 0 Å². The summed E-state index contributed by atoms with van der Waals surface area (Å²) in [6.45, 7) is 4.76. The Hall–Kier alpha value is 0. The summed E-state index contributed by atoms with van der Waals surface area (Å²) in [4.78, 5) is 0. The molecule has 0 nitrogen and oxygen atoms in total. The standard InChI is InChI=1S/C12H24/c1-3-12(4-2)10-8-6-5-7-9-11-12/h3-11H2,1-2H3. The smallest absolute Gasteiger partial charge is 0.0303 e. The second-order valence-corrected chi connectivity index (χ2v) is 4.47. The van der Waals surface area contributed by atoms with Gasteiger partial charge in [-0.1, -0.05) is 58.8 Å². The van der Waals surface area contributed by atoms with Crippen LogP contribution in [0.25, 0.3) is 0 Å². The van der Waals surface area contributed by atoms with Crippen LogP contribution in [-0.4, -0.2) is 0 Å². The van der Waals surface area contributed by atoms with Crippen LogP contribution in [0.15, 0.2) is 0 Å². The molecule has 1 rings (SSSR count). The highest BCUT2D eigenvalue weighted by Gasteiger charge is 2.25. The summed E-state index contributed by atoms with van der Waals surface area (Å²) in [6, 6.07) is 0. The molecule has 0 aromatic rings. The van der Waals surface area contributed by atoms with E-state index in [2.05, 4.69) is 13.8 Å². The van der Waals surface area contributed by atoms with E-state index in [-0.39, 0.29) is 0 Å². The van der Waals surface area contributed by atoms with Gasteiger partial charge in [0.15, 0.2) is 0 Å². The molecule has 0 heterocycles. The number of hydrogen-bond donors (Lipinski definition) is 0. The molecule has 12 heavy (non-hydrogen) atoms. The third kappa shape index (κ3) is 2.50. The van der Waals surface area contributed by atoms with Crippen LogP contribution in [0.2, 0.25) is 0 Å². The highest BCUT2D eigenvalue weighted by Crippen LogP contribution is 2.39. The zero-order valence-corrected chi connectivity index (χ0v) is 8.86. The van der Waals surface area contributed by atoms with Gasteiger partial charge in [0.05, 0.1) is 0 Å². The first-order valence-electron chi connectivity index (χ1n) is 5.83. The van der Waals surface area contributed by atoms with Crippen molar-refractivity contribution in [3.05, 3.63) is 0 Å². The van der Waals surface area contributed by atoms with E-state index in [1.165, 1.54) is 57.8 Å². The number of hydrogen-bond acceptors (Lipinski definition) is 0. The fourth-order valence-corrected chi connectivity index (χ4v) is 2.61. The molecule has 0 N–H and O–H groups in total. The fourth-order valence-electron chi connectivity index (χ4n) is 2.61. The van der Waals surface area contributed by atoms with Crippen LogP contribution in [0, 0.1) is 5.41 Å². The van der Waals surface area contributed by atoms with Gasteiger partial charge in [-0.05, 0) is 18.3 Å². The van der Waals surface area contributed by atoms with E-state index < -0.39 is 0 Å². The fraction of sp³-hybridized carbons (Fsp3) is 1.00. The van der Waals surface area contributed by atoms with Crippen molar-refractivity contribution < 1.29 is 0 Å². The quantitative estimate of drug-likeness (QED) is 0.568. The average Bonchev–Trinajstić information content (AvgIpc) is 2.06. The maximum Gasteiger partial charge on any atom is -0.0303 e. The zero-order valence-electron chi connectivity index (χ0n) is 8.86. The van der Waals surface area contributed by atoms with Crippen LogP contribution in [0.3, 0.4) is 0 Å². The van der Waals surface area contributed by atoms with Crippen molar-refractivity contribution in [2.24, 2.45) is 5.41 Å². The summed E-state index contributed by atoms with van der Waals surface area (Å²) in [5.41, 5.74) is 0.737. The van der Waals surface area contributed by atoms with Crippen LogP contribution in [-0.2, 0) is 0 Å². The highest BCUT2D eigenvalue weighted by atomic mass is 14.3. The number of rotatable bonds is 2. The highest BCUT2D eigenvalue weighted by molar-refractivity contribution is 4.77.